The quantitative estimate of drug-likeness (QED) is 0.696. The Morgan fingerprint density at radius 2 is 1.96 bits per heavy atom. The number of aliphatic hydroxyl groups excluding tert-OH is 2. The van der Waals surface area contributed by atoms with E-state index in [0.717, 1.165) is 25.7 Å². The minimum atomic E-state index is -1.54. The Morgan fingerprint density at radius 3 is 2.65 bits per heavy atom. The predicted octanol–water partition coefficient (Wildman–Crippen LogP) is 1.78. The number of Topliss-reactive ketones (excluding diaryl/α,β-unsaturated/α-hetero) is 1. The van der Waals surface area contributed by atoms with Crippen molar-refractivity contribution >= 4 is 11.6 Å². The van der Waals surface area contributed by atoms with Gasteiger partial charge < -0.3 is 15.3 Å². The first kappa shape index (κ1) is 18.3. The van der Waals surface area contributed by atoms with Gasteiger partial charge >= 0.3 is 0 Å². The molecule has 0 spiro atoms. The molecule has 0 amide bonds. The zero-order chi connectivity index (χ0) is 18.9. The van der Waals surface area contributed by atoms with E-state index in [1.165, 1.54) is 5.57 Å². The van der Waals surface area contributed by atoms with Crippen molar-refractivity contribution in [2.45, 2.75) is 70.5 Å². The molecule has 0 aromatic rings. The maximum absolute atomic E-state index is 12.4. The highest BCUT2D eigenvalue weighted by molar-refractivity contribution is 5.91. The predicted molar refractivity (Wildman–Crippen MR) is 95.1 cm³/mol. The van der Waals surface area contributed by atoms with Crippen molar-refractivity contribution in [1.29, 1.82) is 0 Å². The smallest absolute Gasteiger partial charge is 0.190 e. The lowest BCUT2D eigenvalue weighted by Gasteiger charge is -2.60. The number of hydrogen-bond donors (Lipinski definition) is 3. The normalized spacial score (nSPS) is 50.5. The van der Waals surface area contributed by atoms with Crippen molar-refractivity contribution in [3.63, 3.8) is 0 Å². The average molecular weight is 362 g/mol. The molecule has 3 N–H and O–H groups in total. The summed E-state index contributed by atoms with van der Waals surface area (Å²) in [6.45, 7) is 3.46. The molecule has 4 aliphatic rings. The maximum atomic E-state index is 12.4. The van der Waals surface area contributed by atoms with Crippen LogP contribution in [0.3, 0.4) is 0 Å². The van der Waals surface area contributed by atoms with Crippen molar-refractivity contribution < 1.29 is 24.9 Å². The van der Waals surface area contributed by atoms with Crippen LogP contribution in [0.4, 0.5) is 0 Å². The Labute approximate surface area is 154 Å². The molecule has 4 rings (SSSR count). The van der Waals surface area contributed by atoms with E-state index >= 15 is 0 Å². The Balaban J connectivity index is 1.74. The second-order valence-electron chi connectivity index (χ2n) is 9.56. The van der Waals surface area contributed by atoms with Crippen LogP contribution in [-0.2, 0) is 9.59 Å². The molecule has 2 unspecified atom stereocenters. The number of allylic oxidation sites excluding steroid dienone is 1. The Morgan fingerprint density at radius 1 is 1.23 bits per heavy atom. The number of hydrogen-bond acceptors (Lipinski definition) is 5. The molecular weight excluding hydrogens is 332 g/mol. The van der Waals surface area contributed by atoms with Gasteiger partial charge in [0.25, 0.3) is 0 Å². The molecule has 0 bridgehead atoms. The first-order chi connectivity index (χ1) is 12.2. The summed E-state index contributed by atoms with van der Waals surface area (Å²) in [7, 11) is 0. The van der Waals surface area contributed by atoms with Gasteiger partial charge in [-0.1, -0.05) is 19.4 Å². The van der Waals surface area contributed by atoms with Gasteiger partial charge in [0.05, 0.1) is 6.10 Å². The first-order valence-corrected chi connectivity index (χ1v) is 9.96. The topological polar surface area (TPSA) is 94.8 Å². The Hall–Kier alpha value is -1.04. The van der Waals surface area contributed by atoms with Crippen LogP contribution in [0.1, 0.15) is 58.8 Å². The third kappa shape index (κ3) is 2.14. The number of ketones is 2. The van der Waals surface area contributed by atoms with Gasteiger partial charge in [0.2, 0.25) is 0 Å². The van der Waals surface area contributed by atoms with Crippen LogP contribution in [0.5, 0.6) is 0 Å². The SMILES string of the molecule is C[C@]12CCC(=O)C=C1CC[C@@H]1[C@@H]2C(O)C[C@@]2(C)[C@H]1CCC2(O)C(=O)CO. The lowest BCUT2D eigenvalue weighted by atomic mass is 9.45. The van der Waals surface area contributed by atoms with Crippen LogP contribution in [0, 0.1) is 28.6 Å². The molecule has 0 aliphatic heterocycles. The summed E-state index contributed by atoms with van der Waals surface area (Å²) < 4.78 is 0. The number of carbonyl (C=O) groups excluding carboxylic acids is 2. The van der Waals surface area contributed by atoms with Gasteiger partial charge in [-0.3, -0.25) is 9.59 Å². The van der Waals surface area contributed by atoms with E-state index in [0.29, 0.717) is 19.3 Å². The molecule has 5 heteroatoms. The second kappa shape index (κ2) is 5.73. The molecule has 0 saturated heterocycles. The molecule has 26 heavy (non-hydrogen) atoms. The zero-order valence-electron chi connectivity index (χ0n) is 15.7. The van der Waals surface area contributed by atoms with Crippen LogP contribution in [0.2, 0.25) is 0 Å². The van der Waals surface area contributed by atoms with Crippen molar-refractivity contribution in [3.05, 3.63) is 11.6 Å². The minimum Gasteiger partial charge on any atom is -0.393 e. The van der Waals surface area contributed by atoms with Gasteiger partial charge in [0.15, 0.2) is 11.6 Å². The molecule has 4 aliphatic carbocycles. The van der Waals surface area contributed by atoms with E-state index in [9.17, 15) is 24.9 Å². The fourth-order valence-electron chi connectivity index (χ4n) is 7.28. The lowest BCUT2D eigenvalue weighted by Crippen LogP contribution is -2.62. The molecule has 0 aromatic heterocycles. The van der Waals surface area contributed by atoms with Crippen LogP contribution in [0.15, 0.2) is 11.6 Å². The van der Waals surface area contributed by atoms with Gasteiger partial charge in [0, 0.05) is 11.8 Å². The van der Waals surface area contributed by atoms with Crippen LogP contribution in [0.25, 0.3) is 0 Å². The molecule has 0 radical (unpaired) electrons. The van der Waals surface area contributed by atoms with E-state index in [4.69, 9.17) is 0 Å². The fourth-order valence-corrected chi connectivity index (χ4v) is 7.28. The van der Waals surface area contributed by atoms with Crippen LogP contribution in [-0.4, -0.2) is 45.2 Å². The van der Waals surface area contributed by atoms with Gasteiger partial charge in [-0.25, -0.2) is 0 Å². The highest BCUT2D eigenvalue weighted by Crippen LogP contribution is 2.67. The fraction of sp³-hybridized carbons (Fsp3) is 0.810. The van der Waals surface area contributed by atoms with Crippen LogP contribution >= 0.6 is 0 Å². The summed E-state index contributed by atoms with van der Waals surface area (Å²) >= 11 is 0. The van der Waals surface area contributed by atoms with Crippen molar-refractivity contribution in [3.8, 4) is 0 Å². The number of aliphatic hydroxyl groups is 3. The van der Waals surface area contributed by atoms with E-state index in [-0.39, 0.29) is 29.0 Å². The lowest BCUT2D eigenvalue weighted by molar-refractivity contribution is -0.182. The molecule has 5 nitrogen and oxygen atoms in total. The van der Waals surface area contributed by atoms with Crippen molar-refractivity contribution in [1.82, 2.24) is 0 Å². The summed E-state index contributed by atoms with van der Waals surface area (Å²) in [6.07, 6.45) is 5.74. The zero-order valence-corrected chi connectivity index (χ0v) is 15.7. The average Bonchev–Trinajstić information content (AvgIpc) is 2.86. The standard InChI is InChI=1S/C21H30O5/c1-19-7-5-13(23)9-12(19)3-4-14-15-6-8-21(26,17(25)11-22)20(15,2)10-16(24)18(14)19/h9,14-16,18,22,24,26H,3-8,10-11H2,1-2H3/t14-,15-,16?,18+,19-,20-,21?/m0/s1. The van der Waals surface area contributed by atoms with E-state index in [1.54, 1.807) is 6.08 Å². The molecule has 0 heterocycles. The van der Waals surface area contributed by atoms with E-state index < -0.39 is 29.5 Å². The van der Waals surface area contributed by atoms with Crippen LogP contribution < -0.4 is 0 Å². The monoisotopic (exact) mass is 362 g/mol. The summed E-state index contributed by atoms with van der Waals surface area (Å²) in [5.41, 5.74) is -1.23. The summed E-state index contributed by atoms with van der Waals surface area (Å²) in [5, 5.41) is 31.7. The summed E-state index contributed by atoms with van der Waals surface area (Å²) in [4.78, 5) is 24.3. The van der Waals surface area contributed by atoms with Gasteiger partial charge in [-0.15, -0.1) is 0 Å². The Kier molecular flexibility index (Phi) is 4.04. The molecule has 0 aromatic carbocycles. The maximum Gasteiger partial charge on any atom is 0.190 e. The largest absolute Gasteiger partial charge is 0.393 e. The van der Waals surface area contributed by atoms with E-state index in [2.05, 4.69) is 6.92 Å². The molecule has 3 saturated carbocycles. The van der Waals surface area contributed by atoms with E-state index in [1.807, 2.05) is 6.92 Å². The number of fused-ring (bicyclic) bond motifs is 5. The summed E-state index contributed by atoms with van der Waals surface area (Å²) in [6, 6.07) is 0. The second-order valence-corrected chi connectivity index (χ2v) is 9.56. The third-order valence-electron chi connectivity index (χ3n) is 8.65. The number of carbonyl (C=O) groups is 2. The first-order valence-electron chi connectivity index (χ1n) is 9.96. The van der Waals surface area contributed by atoms with Gasteiger partial charge in [-0.05, 0) is 67.8 Å². The minimum absolute atomic E-state index is 0.0697. The summed E-state index contributed by atoms with van der Waals surface area (Å²) in [5.74, 6) is 0.140. The third-order valence-corrected chi connectivity index (χ3v) is 8.65. The molecule has 3 fully saturated rings. The molecule has 144 valence electrons. The van der Waals surface area contributed by atoms with Crippen molar-refractivity contribution in [2.75, 3.05) is 6.61 Å². The highest BCUT2D eigenvalue weighted by atomic mass is 16.3. The van der Waals surface area contributed by atoms with Gasteiger partial charge in [-0.2, -0.15) is 0 Å². The molecule has 7 atom stereocenters. The molecular formula is C21H30O5. The van der Waals surface area contributed by atoms with Crippen molar-refractivity contribution in [2.24, 2.45) is 28.6 Å². The Bertz CT molecular complexity index is 684. The number of rotatable bonds is 2. The van der Waals surface area contributed by atoms with Gasteiger partial charge in [0.1, 0.15) is 12.2 Å². The highest BCUT2D eigenvalue weighted by Gasteiger charge is 2.68.